The molecule has 1 aliphatic heterocycles. The predicted octanol–water partition coefficient (Wildman–Crippen LogP) is 11.0. The molecule has 0 saturated heterocycles. The van der Waals surface area contributed by atoms with Gasteiger partial charge in [-0.15, -0.1) is 45.3 Å². The van der Waals surface area contributed by atoms with Gasteiger partial charge in [-0.05, 0) is 82.7 Å². The second-order valence-corrected chi connectivity index (χ2v) is 14.5. The lowest BCUT2D eigenvalue weighted by molar-refractivity contribution is 0.0981. The molecule has 3 nitrogen and oxygen atoms in total. The zero-order valence-corrected chi connectivity index (χ0v) is 26.1. The van der Waals surface area contributed by atoms with Gasteiger partial charge in [0, 0.05) is 58.9 Å². The predicted molar refractivity (Wildman–Crippen MR) is 181 cm³/mol. The van der Waals surface area contributed by atoms with Gasteiger partial charge in [-0.3, -0.25) is 9.69 Å². The van der Waals surface area contributed by atoms with Crippen LogP contribution in [0, 0.1) is 0 Å². The first kappa shape index (κ1) is 25.8. The van der Waals surface area contributed by atoms with E-state index in [1.807, 2.05) is 29.3 Å². The number of fused-ring (bicyclic) bond motifs is 2. The fraction of sp³-hybridized carbons (Fsp3) is 0.0857. The molecule has 0 aliphatic carbocycles. The molecule has 2 aromatic carbocycles. The Morgan fingerprint density at radius 2 is 1.14 bits per heavy atom. The first-order chi connectivity index (χ1) is 20.6. The summed E-state index contributed by atoms with van der Waals surface area (Å²) < 4.78 is 0. The van der Waals surface area contributed by atoms with E-state index in [1.54, 1.807) is 45.3 Å². The minimum Gasteiger partial charge on any atom is -0.282 e. The third kappa shape index (κ3) is 3.74. The number of carbonyl (C=O) groups excluding carboxylic acids is 1. The number of carbonyl (C=O) groups is 1. The van der Waals surface area contributed by atoms with Crippen molar-refractivity contribution in [3.8, 4) is 41.8 Å². The Morgan fingerprint density at radius 1 is 0.619 bits per heavy atom. The first-order valence-corrected chi connectivity index (χ1v) is 17.2. The molecular weight excluding hydrogens is 593 g/mol. The van der Waals surface area contributed by atoms with Gasteiger partial charge in [-0.1, -0.05) is 42.5 Å². The Morgan fingerprint density at radius 3 is 1.69 bits per heavy atom. The summed E-state index contributed by atoms with van der Waals surface area (Å²) in [6.07, 6.45) is 1.88. The second kappa shape index (κ2) is 9.85. The summed E-state index contributed by atoms with van der Waals surface area (Å²) in [5.41, 5.74) is 5.95. The van der Waals surface area contributed by atoms with Gasteiger partial charge < -0.3 is 0 Å². The molecule has 7 heteroatoms. The maximum absolute atomic E-state index is 14.2. The van der Waals surface area contributed by atoms with Crippen molar-refractivity contribution in [2.24, 2.45) is 0 Å². The van der Waals surface area contributed by atoms with Crippen LogP contribution >= 0.6 is 45.3 Å². The van der Waals surface area contributed by atoms with Gasteiger partial charge in [0.25, 0.3) is 5.91 Å². The van der Waals surface area contributed by atoms with E-state index in [9.17, 15) is 4.79 Å². The van der Waals surface area contributed by atoms with Gasteiger partial charge in [0.05, 0.1) is 5.54 Å². The van der Waals surface area contributed by atoms with E-state index in [0.717, 1.165) is 32.3 Å². The van der Waals surface area contributed by atoms with Crippen LogP contribution < -0.4 is 4.90 Å². The SMILES string of the molecule is CC1(C)c2ccccc2C(=O)N1c1nccc2c(-c3cccs3)c(-c3cccs3)c(-c3cccs3)c(-c3cccs3)c12. The molecule has 8 rings (SSSR count). The van der Waals surface area contributed by atoms with Crippen molar-refractivity contribution in [1.82, 2.24) is 4.98 Å². The second-order valence-electron chi connectivity index (χ2n) is 10.7. The highest BCUT2D eigenvalue weighted by atomic mass is 32.1. The van der Waals surface area contributed by atoms with Crippen LogP contribution in [0.3, 0.4) is 0 Å². The summed E-state index contributed by atoms with van der Waals surface area (Å²) in [5.74, 6) is 0.695. The number of pyridine rings is 1. The highest BCUT2D eigenvalue weighted by Crippen LogP contribution is 2.56. The number of hydrogen-bond donors (Lipinski definition) is 0. The zero-order valence-electron chi connectivity index (χ0n) is 22.8. The van der Waals surface area contributed by atoms with E-state index in [2.05, 4.69) is 96.0 Å². The Labute approximate surface area is 260 Å². The number of nitrogens with zero attached hydrogens (tertiary/aromatic N) is 2. The smallest absolute Gasteiger partial charge is 0.260 e. The van der Waals surface area contributed by atoms with Crippen LogP contribution in [0.4, 0.5) is 5.82 Å². The van der Waals surface area contributed by atoms with Gasteiger partial charge in [0.2, 0.25) is 0 Å². The van der Waals surface area contributed by atoms with Crippen LogP contribution in [0.5, 0.6) is 0 Å². The number of thiophene rings is 4. The van der Waals surface area contributed by atoms with E-state index in [4.69, 9.17) is 4.98 Å². The van der Waals surface area contributed by atoms with Crippen LogP contribution in [0.15, 0.2) is 107 Å². The normalized spacial score (nSPS) is 14.1. The molecule has 6 heterocycles. The van der Waals surface area contributed by atoms with Gasteiger partial charge >= 0.3 is 0 Å². The van der Waals surface area contributed by atoms with Crippen molar-refractivity contribution in [3.63, 3.8) is 0 Å². The average molecular weight is 617 g/mol. The highest BCUT2D eigenvalue weighted by Gasteiger charge is 2.45. The van der Waals surface area contributed by atoms with Crippen molar-refractivity contribution in [2.75, 3.05) is 4.90 Å². The minimum atomic E-state index is -0.569. The molecule has 0 radical (unpaired) electrons. The lowest BCUT2D eigenvalue weighted by Gasteiger charge is -2.33. The van der Waals surface area contributed by atoms with Crippen molar-refractivity contribution in [3.05, 3.63) is 118 Å². The van der Waals surface area contributed by atoms with Crippen LogP contribution in [-0.4, -0.2) is 10.9 Å². The molecule has 0 saturated carbocycles. The van der Waals surface area contributed by atoms with E-state index in [1.165, 1.54) is 31.3 Å². The molecule has 1 amide bonds. The molecule has 42 heavy (non-hydrogen) atoms. The Balaban J connectivity index is 1.60. The van der Waals surface area contributed by atoms with Gasteiger partial charge in [-0.25, -0.2) is 4.98 Å². The van der Waals surface area contributed by atoms with Crippen LogP contribution in [0.2, 0.25) is 0 Å². The minimum absolute atomic E-state index is 0.00888. The molecule has 7 aromatic rings. The summed E-state index contributed by atoms with van der Waals surface area (Å²) in [4.78, 5) is 26.0. The standard InChI is InChI=1S/C35H24N2OS4/c1-35(2)23-10-4-3-9-21(23)34(38)37(35)33-29-22(15-16-36-33)28(24-11-5-17-39-24)30(25-12-6-18-40-25)32(27-14-8-20-42-27)31(29)26-13-7-19-41-26/h3-20H,1-2H3. The molecule has 0 N–H and O–H groups in total. The molecule has 0 fully saturated rings. The van der Waals surface area contributed by atoms with Crippen LogP contribution in [0.25, 0.3) is 52.5 Å². The van der Waals surface area contributed by atoms with E-state index in [-0.39, 0.29) is 5.91 Å². The zero-order chi connectivity index (χ0) is 28.4. The van der Waals surface area contributed by atoms with E-state index >= 15 is 0 Å². The highest BCUT2D eigenvalue weighted by molar-refractivity contribution is 7.16. The summed E-state index contributed by atoms with van der Waals surface area (Å²) in [7, 11) is 0. The van der Waals surface area contributed by atoms with E-state index in [0.29, 0.717) is 5.82 Å². The summed E-state index contributed by atoms with van der Waals surface area (Å²) in [5, 5.41) is 10.7. The third-order valence-corrected chi connectivity index (χ3v) is 11.6. The number of aromatic nitrogens is 1. The van der Waals surface area contributed by atoms with Crippen molar-refractivity contribution >= 4 is 67.8 Å². The summed E-state index contributed by atoms with van der Waals surface area (Å²) >= 11 is 7.00. The molecule has 5 aromatic heterocycles. The van der Waals surface area contributed by atoms with E-state index < -0.39 is 5.54 Å². The van der Waals surface area contributed by atoms with Crippen LogP contribution in [-0.2, 0) is 5.54 Å². The van der Waals surface area contributed by atoms with Crippen molar-refractivity contribution in [2.45, 2.75) is 19.4 Å². The Kier molecular flexibility index (Phi) is 6.05. The maximum Gasteiger partial charge on any atom is 0.260 e. The largest absolute Gasteiger partial charge is 0.282 e. The van der Waals surface area contributed by atoms with Crippen LogP contribution in [0.1, 0.15) is 29.8 Å². The molecule has 0 atom stereocenters. The number of benzene rings is 2. The summed E-state index contributed by atoms with van der Waals surface area (Å²) in [6.45, 7) is 4.25. The topological polar surface area (TPSA) is 33.2 Å². The summed E-state index contributed by atoms with van der Waals surface area (Å²) in [6, 6.07) is 27.4. The quantitative estimate of drug-likeness (QED) is 0.193. The Bertz CT molecular complexity index is 2070. The number of hydrogen-bond acceptors (Lipinski definition) is 6. The number of rotatable bonds is 5. The molecule has 0 spiro atoms. The molecule has 204 valence electrons. The fourth-order valence-corrected chi connectivity index (χ4v) is 9.46. The lowest BCUT2D eigenvalue weighted by atomic mass is 9.86. The molecule has 0 bridgehead atoms. The van der Waals surface area contributed by atoms with Gasteiger partial charge in [-0.2, -0.15) is 0 Å². The molecular formula is C35H24N2OS4. The number of amides is 1. The lowest BCUT2D eigenvalue weighted by Crippen LogP contribution is -2.40. The average Bonchev–Trinajstić information content (AvgIpc) is 3.84. The van der Waals surface area contributed by atoms with Gasteiger partial charge in [0.1, 0.15) is 5.82 Å². The van der Waals surface area contributed by atoms with Gasteiger partial charge in [0.15, 0.2) is 0 Å². The third-order valence-electron chi connectivity index (χ3n) is 8.06. The Hall–Kier alpha value is -3.88. The number of anilines is 1. The molecule has 0 unspecified atom stereocenters. The fourth-order valence-electron chi connectivity index (χ4n) is 6.32. The first-order valence-electron chi connectivity index (χ1n) is 13.6. The molecule has 1 aliphatic rings. The maximum atomic E-state index is 14.2. The van der Waals surface area contributed by atoms with Crippen molar-refractivity contribution in [1.29, 1.82) is 0 Å². The monoisotopic (exact) mass is 616 g/mol. The van der Waals surface area contributed by atoms with Crippen molar-refractivity contribution < 1.29 is 4.79 Å².